The van der Waals surface area contributed by atoms with Crippen molar-refractivity contribution in [2.45, 2.75) is 20.0 Å². The average Bonchev–Trinajstić information content (AvgIpc) is 2.79. The monoisotopic (exact) mass is 409 g/mol. The zero-order valence-corrected chi connectivity index (χ0v) is 17.6. The van der Waals surface area contributed by atoms with Crippen molar-refractivity contribution in [1.82, 2.24) is 4.90 Å². The van der Waals surface area contributed by atoms with Gasteiger partial charge in [-0.1, -0.05) is 55.5 Å². The number of hydrogen-bond donors (Lipinski definition) is 1. The Labute approximate surface area is 178 Å². The van der Waals surface area contributed by atoms with E-state index < -0.39 is 0 Å². The summed E-state index contributed by atoms with van der Waals surface area (Å²) in [5.41, 5.74) is 7.69. The van der Waals surface area contributed by atoms with Gasteiger partial charge in [0.05, 0.1) is 19.1 Å². The van der Waals surface area contributed by atoms with E-state index in [9.17, 15) is 9.59 Å². The Morgan fingerprint density at radius 3 is 2.17 bits per heavy atom. The number of amides is 2. The largest absolute Gasteiger partial charge is 0.376 e. The van der Waals surface area contributed by atoms with Crippen LogP contribution in [0, 0.1) is 11.8 Å². The number of para-hydroxylation sites is 1. The molecule has 2 aromatic rings. The lowest BCUT2D eigenvalue weighted by atomic mass is 9.94. The van der Waals surface area contributed by atoms with Crippen molar-refractivity contribution in [2.24, 2.45) is 17.6 Å². The molecule has 160 valence electrons. The van der Waals surface area contributed by atoms with Gasteiger partial charge in [0.15, 0.2) is 0 Å². The maximum absolute atomic E-state index is 13.2. The van der Waals surface area contributed by atoms with Crippen molar-refractivity contribution in [2.75, 3.05) is 37.7 Å². The summed E-state index contributed by atoms with van der Waals surface area (Å²) < 4.78 is 5.85. The number of anilines is 1. The number of rotatable bonds is 9. The summed E-state index contributed by atoms with van der Waals surface area (Å²) in [5.74, 6) is -1.09. The number of primary amides is 1. The van der Waals surface area contributed by atoms with Crippen LogP contribution in [0.2, 0.25) is 0 Å². The van der Waals surface area contributed by atoms with Gasteiger partial charge in [0.1, 0.15) is 0 Å². The van der Waals surface area contributed by atoms with E-state index in [4.69, 9.17) is 10.5 Å². The highest BCUT2D eigenvalue weighted by Crippen LogP contribution is 2.20. The van der Waals surface area contributed by atoms with E-state index >= 15 is 0 Å². The molecule has 0 aliphatic carbocycles. The lowest BCUT2D eigenvalue weighted by Crippen LogP contribution is -2.51. The second kappa shape index (κ2) is 10.8. The van der Waals surface area contributed by atoms with E-state index in [1.165, 1.54) is 5.69 Å². The van der Waals surface area contributed by atoms with E-state index in [-0.39, 0.29) is 30.3 Å². The van der Waals surface area contributed by atoms with Crippen molar-refractivity contribution < 1.29 is 14.3 Å². The van der Waals surface area contributed by atoms with Gasteiger partial charge in [0, 0.05) is 37.8 Å². The molecule has 1 heterocycles. The van der Waals surface area contributed by atoms with Crippen molar-refractivity contribution >= 4 is 17.5 Å². The summed E-state index contributed by atoms with van der Waals surface area (Å²) in [6.45, 7) is 5.40. The number of benzene rings is 2. The minimum absolute atomic E-state index is 0.0453. The van der Waals surface area contributed by atoms with Gasteiger partial charge in [-0.05, 0) is 24.1 Å². The molecule has 3 rings (SSSR count). The number of carbonyl (C=O) groups excluding carboxylic acids is 2. The Hall–Kier alpha value is -2.86. The fourth-order valence-electron chi connectivity index (χ4n) is 3.76. The van der Waals surface area contributed by atoms with E-state index in [0.29, 0.717) is 26.1 Å². The van der Waals surface area contributed by atoms with E-state index in [1.807, 2.05) is 53.4 Å². The minimum Gasteiger partial charge on any atom is -0.376 e. The van der Waals surface area contributed by atoms with Crippen LogP contribution in [0.1, 0.15) is 18.9 Å². The molecule has 0 radical (unpaired) electrons. The lowest BCUT2D eigenvalue weighted by Gasteiger charge is -2.37. The number of hydrogen-bond acceptors (Lipinski definition) is 4. The number of carbonyl (C=O) groups is 2. The van der Waals surface area contributed by atoms with Gasteiger partial charge in [-0.15, -0.1) is 0 Å². The van der Waals surface area contributed by atoms with E-state index in [2.05, 4.69) is 17.0 Å². The molecule has 0 saturated carbocycles. The third-order valence-corrected chi connectivity index (χ3v) is 5.62. The summed E-state index contributed by atoms with van der Waals surface area (Å²) in [4.78, 5) is 29.0. The molecule has 6 nitrogen and oxygen atoms in total. The van der Waals surface area contributed by atoms with Crippen LogP contribution >= 0.6 is 0 Å². The molecular weight excluding hydrogens is 378 g/mol. The molecule has 2 unspecified atom stereocenters. The van der Waals surface area contributed by atoms with Crippen molar-refractivity contribution in [3.63, 3.8) is 0 Å². The molecule has 0 aromatic heterocycles. The Morgan fingerprint density at radius 2 is 1.57 bits per heavy atom. The molecule has 30 heavy (non-hydrogen) atoms. The molecule has 1 aliphatic heterocycles. The lowest BCUT2D eigenvalue weighted by molar-refractivity contribution is -0.139. The topological polar surface area (TPSA) is 75.9 Å². The Bertz CT molecular complexity index is 805. The fourth-order valence-corrected chi connectivity index (χ4v) is 3.76. The van der Waals surface area contributed by atoms with Gasteiger partial charge in [-0.25, -0.2) is 0 Å². The summed E-state index contributed by atoms with van der Waals surface area (Å²) in [5, 5.41) is 0. The van der Waals surface area contributed by atoms with Crippen LogP contribution in [0.3, 0.4) is 0 Å². The maximum atomic E-state index is 13.2. The van der Waals surface area contributed by atoms with Gasteiger partial charge >= 0.3 is 0 Å². The minimum atomic E-state index is -0.384. The fraction of sp³-hybridized carbons (Fsp3) is 0.417. The zero-order chi connectivity index (χ0) is 21.3. The molecule has 2 atom stereocenters. The molecule has 2 N–H and O–H groups in total. The number of nitrogens with zero attached hydrogens (tertiary/aromatic N) is 2. The molecule has 0 bridgehead atoms. The third kappa shape index (κ3) is 6.07. The summed E-state index contributed by atoms with van der Waals surface area (Å²) in [6.07, 6.45) is 0.405. The second-order valence-corrected chi connectivity index (χ2v) is 7.88. The van der Waals surface area contributed by atoms with Gasteiger partial charge in [-0.2, -0.15) is 0 Å². The van der Waals surface area contributed by atoms with Gasteiger partial charge in [0.2, 0.25) is 11.8 Å². The summed E-state index contributed by atoms with van der Waals surface area (Å²) >= 11 is 0. The summed E-state index contributed by atoms with van der Waals surface area (Å²) in [6, 6.07) is 20.1. The van der Waals surface area contributed by atoms with Crippen LogP contribution in [0.5, 0.6) is 0 Å². The number of ether oxygens (including phenoxy) is 1. The van der Waals surface area contributed by atoms with Crippen molar-refractivity contribution in [1.29, 1.82) is 0 Å². The first kappa shape index (κ1) is 21.8. The number of piperazine rings is 1. The van der Waals surface area contributed by atoms with Crippen molar-refractivity contribution in [3.8, 4) is 0 Å². The molecule has 0 spiro atoms. The molecule has 1 aliphatic rings. The van der Waals surface area contributed by atoms with Crippen LogP contribution in [-0.4, -0.2) is 49.5 Å². The second-order valence-electron chi connectivity index (χ2n) is 7.88. The highest BCUT2D eigenvalue weighted by atomic mass is 16.5. The molecule has 1 saturated heterocycles. The first-order valence-corrected chi connectivity index (χ1v) is 10.5. The van der Waals surface area contributed by atoms with Gasteiger partial charge in [-0.3, -0.25) is 9.59 Å². The normalized spacial score (nSPS) is 16.2. The molecular formula is C24H31N3O3. The maximum Gasteiger partial charge on any atom is 0.228 e. The molecule has 2 aromatic carbocycles. The zero-order valence-electron chi connectivity index (χ0n) is 17.6. The van der Waals surface area contributed by atoms with Crippen LogP contribution in [0.15, 0.2) is 60.7 Å². The standard InChI is InChI=1S/C24H31N3O3/c1-19(23(25)28)16-21(18-30-17-20-8-4-2-5-9-20)24(29)27-14-12-26(13-15-27)22-10-6-3-7-11-22/h2-11,19,21H,12-18H2,1H3,(H2,25,28). The predicted octanol–water partition coefficient (Wildman–Crippen LogP) is 2.68. The van der Waals surface area contributed by atoms with Gasteiger partial charge in [0.25, 0.3) is 0 Å². The van der Waals surface area contributed by atoms with E-state index in [1.54, 1.807) is 6.92 Å². The van der Waals surface area contributed by atoms with E-state index in [0.717, 1.165) is 18.7 Å². The smallest absolute Gasteiger partial charge is 0.228 e. The number of nitrogens with two attached hydrogens (primary N) is 1. The predicted molar refractivity (Wildman–Crippen MR) is 118 cm³/mol. The average molecular weight is 410 g/mol. The SMILES string of the molecule is CC(CC(COCc1ccccc1)C(=O)N1CCN(c2ccccc2)CC1)C(N)=O. The highest BCUT2D eigenvalue weighted by molar-refractivity contribution is 5.81. The van der Waals surface area contributed by atoms with Crippen LogP contribution < -0.4 is 10.6 Å². The Balaban J connectivity index is 1.57. The van der Waals surface area contributed by atoms with Gasteiger partial charge < -0.3 is 20.3 Å². The van der Waals surface area contributed by atoms with Crippen LogP contribution in [-0.2, 0) is 20.9 Å². The highest BCUT2D eigenvalue weighted by Gasteiger charge is 2.30. The summed E-state index contributed by atoms with van der Waals surface area (Å²) in [7, 11) is 0. The molecule has 2 amide bonds. The van der Waals surface area contributed by atoms with Crippen molar-refractivity contribution in [3.05, 3.63) is 66.2 Å². The Kier molecular flexibility index (Phi) is 7.85. The van der Waals surface area contributed by atoms with Crippen LogP contribution in [0.25, 0.3) is 0 Å². The first-order valence-electron chi connectivity index (χ1n) is 10.5. The van der Waals surface area contributed by atoms with Crippen LogP contribution in [0.4, 0.5) is 5.69 Å². The third-order valence-electron chi connectivity index (χ3n) is 5.62. The quantitative estimate of drug-likeness (QED) is 0.691. The first-order chi connectivity index (χ1) is 14.5. The molecule has 6 heteroatoms. The molecule has 1 fully saturated rings. The Morgan fingerprint density at radius 1 is 0.967 bits per heavy atom.